The van der Waals surface area contributed by atoms with Crippen molar-refractivity contribution in [3.8, 4) is 0 Å². The highest BCUT2D eigenvalue weighted by Crippen LogP contribution is 2.28. The van der Waals surface area contributed by atoms with E-state index in [2.05, 4.69) is 0 Å². The molecule has 1 aliphatic rings. The minimum atomic E-state index is -0.443. The molecule has 3 nitrogen and oxygen atoms in total. The Bertz CT molecular complexity index is 377. The van der Waals surface area contributed by atoms with Crippen molar-refractivity contribution in [2.45, 2.75) is 52.9 Å². The lowest BCUT2D eigenvalue weighted by atomic mass is 9.81. The Morgan fingerprint density at radius 2 is 1.94 bits per heavy atom. The molecule has 18 heavy (non-hydrogen) atoms. The van der Waals surface area contributed by atoms with Crippen LogP contribution in [0, 0.1) is 11.3 Å². The van der Waals surface area contributed by atoms with Gasteiger partial charge in [-0.25, -0.2) is 0 Å². The van der Waals surface area contributed by atoms with Crippen LogP contribution in [0.3, 0.4) is 0 Å². The molecule has 0 spiro atoms. The molecule has 1 atom stereocenters. The second-order valence-corrected chi connectivity index (χ2v) is 5.84. The van der Waals surface area contributed by atoms with E-state index >= 15 is 0 Å². The highest BCUT2D eigenvalue weighted by molar-refractivity contribution is 5.98. The van der Waals surface area contributed by atoms with Crippen LogP contribution in [0.25, 0.3) is 0 Å². The number of aldehydes is 1. The number of carbonyl (C=O) groups is 3. The molecule has 3 heteroatoms. The summed E-state index contributed by atoms with van der Waals surface area (Å²) >= 11 is 0. The number of hydrogen-bond donors (Lipinski definition) is 0. The van der Waals surface area contributed by atoms with E-state index in [9.17, 15) is 14.4 Å². The molecular weight excluding hydrogens is 228 g/mol. The fourth-order valence-electron chi connectivity index (χ4n) is 2.18. The van der Waals surface area contributed by atoms with Crippen molar-refractivity contribution in [1.82, 2.24) is 0 Å². The first-order valence-corrected chi connectivity index (χ1v) is 6.59. The average Bonchev–Trinajstić information content (AvgIpc) is 2.33. The molecule has 100 valence electrons. The summed E-state index contributed by atoms with van der Waals surface area (Å²) in [4.78, 5) is 34.8. The smallest absolute Gasteiger partial charge is 0.161 e. The van der Waals surface area contributed by atoms with Gasteiger partial charge in [-0.15, -0.1) is 0 Å². The standard InChI is InChI=1S/C15H22O3/c1-11-5-4-8-15(2,3)14(18)9-12(10-16)6-7-13(11)17/h9-11H,4-8H2,1-3H3/b12-9+. The summed E-state index contributed by atoms with van der Waals surface area (Å²) in [5, 5.41) is 0. The SMILES string of the molecule is CC1CCCC(C)(C)C(=O)/C=C(/C=O)CCC1=O. The third kappa shape index (κ3) is 3.90. The van der Waals surface area contributed by atoms with Crippen molar-refractivity contribution in [2.75, 3.05) is 0 Å². The summed E-state index contributed by atoms with van der Waals surface area (Å²) in [6.45, 7) is 5.73. The van der Waals surface area contributed by atoms with Gasteiger partial charge in [0, 0.05) is 17.8 Å². The lowest BCUT2D eigenvalue weighted by Gasteiger charge is -2.21. The van der Waals surface area contributed by atoms with Crippen molar-refractivity contribution < 1.29 is 14.4 Å². The number of rotatable bonds is 1. The van der Waals surface area contributed by atoms with Crippen molar-refractivity contribution in [3.63, 3.8) is 0 Å². The second kappa shape index (κ2) is 6.07. The van der Waals surface area contributed by atoms with E-state index in [1.807, 2.05) is 20.8 Å². The molecule has 0 saturated carbocycles. The zero-order chi connectivity index (χ0) is 13.8. The molecule has 1 aliphatic carbocycles. The highest BCUT2D eigenvalue weighted by Gasteiger charge is 2.27. The molecule has 0 aromatic rings. The molecule has 1 unspecified atom stereocenters. The van der Waals surface area contributed by atoms with Gasteiger partial charge >= 0.3 is 0 Å². The van der Waals surface area contributed by atoms with Crippen LogP contribution < -0.4 is 0 Å². The largest absolute Gasteiger partial charge is 0.299 e. The Labute approximate surface area is 109 Å². The predicted octanol–water partition coefficient (Wildman–Crippen LogP) is 2.88. The van der Waals surface area contributed by atoms with Gasteiger partial charge in [0.25, 0.3) is 0 Å². The molecule has 1 rings (SSSR count). The molecule has 0 radical (unpaired) electrons. The number of hydrogen-bond acceptors (Lipinski definition) is 3. The Morgan fingerprint density at radius 3 is 2.56 bits per heavy atom. The van der Waals surface area contributed by atoms with Crippen LogP contribution in [0.15, 0.2) is 11.6 Å². The molecule has 0 saturated heterocycles. The Hall–Kier alpha value is -1.25. The topological polar surface area (TPSA) is 51.2 Å². The second-order valence-electron chi connectivity index (χ2n) is 5.84. The fraction of sp³-hybridized carbons (Fsp3) is 0.667. The first kappa shape index (κ1) is 14.8. The molecule has 0 bridgehead atoms. The van der Waals surface area contributed by atoms with Crippen LogP contribution in [-0.4, -0.2) is 17.9 Å². The fourth-order valence-corrected chi connectivity index (χ4v) is 2.18. The van der Waals surface area contributed by atoms with E-state index in [-0.39, 0.29) is 17.5 Å². The van der Waals surface area contributed by atoms with Crippen LogP contribution in [0.1, 0.15) is 52.9 Å². The van der Waals surface area contributed by atoms with Crippen molar-refractivity contribution in [2.24, 2.45) is 11.3 Å². The number of Topliss-reactive ketones (excluding diaryl/α,β-unsaturated/α-hetero) is 1. The van der Waals surface area contributed by atoms with Crippen molar-refractivity contribution in [1.29, 1.82) is 0 Å². The Morgan fingerprint density at radius 1 is 1.28 bits per heavy atom. The summed E-state index contributed by atoms with van der Waals surface area (Å²) in [7, 11) is 0. The maximum Gasteiger partial charge on any atom is 0.161 e. The van der Waals surface area contributed by atoms with E-state index in [0.29, 0.717) is 24.7 Å². The van der Waals surface area contributed by atoms with Gasteiger partial charge in [-0.05, 0) is 30.9 Å². The Balaban J connectivity index is 2.95. The zero-order valence-electron chi connectivity index (χ0n) is 11.5. The third-order valence-electron chi connectivity index (χ3n) is 3.78. The molecule has 0 fully saturated rings. The van der Waals surface area contributed by atoms with Gasteiger partial charge in [0.15, 0.2) is 5.78 Å². The predicted molar refractivity (Wildman–Crippen MR) is 70.2 cm³/mol. The normalized spacial score (nSPS) is 29.1. The van der Waals surface area contributed by atoms with E-state index in [0.717, 1.165) is 19.3 Å². The molecule has 0 heterocycles. The number of allylic oxidation sites excluding steroid dienone is 2. The molecular formula is C15H22O3. The number of carbonyl (C=O) groups excluding carboxylic acids is 3. The van der Waals surface area contributed by atoms with Gasteiger partial charge in [-0.3, -0.25) is 14.4 Å². The minimum absolute atomic E-state index is 0.00778. The van der Waals surface area contributed by atoms with Gasteiger partial charge in [-0.1, -0.05) is 27.2 Å². The summed E-state index contributed by atoms with van der Waals surface area (Å²) < 4.78 is 0. The Kier molecular flexibility index (Phi) is 5.00. The summed E-state index contributed by atoms with van der Waals surface area (Å²) in [6.07, 6.45) is 5.32. The maximum absolute atomic E-state index is 12.1. The summed E-state index contributed by atoms with van der Waals surface area (Å²) in [5.41, 5.74) is -0.00279. The van der Waals surface area contributed by atoms with Crippen LogP contribution >= 0.6 is 0 Å². The van der Waals surface area contributed by atoms with E-state index in [1.165, 1.54) is 6.08 Å². The lowest BCUT2D eigenvalue weighted by Crippen LogP contribution is -2.23. The van der Waals surface area contributed by atoms with E-state index in [4.69, 9.17) is 0 Å². The molecule has 0 N–H and O–H groups in total. The summed E-state index contributed by atoms with van der Waals surface area (Å²) in [5.74, 6) is 0.211. The van der Waals surface area contributed by atoms with E-state index in [1.54, 1.807) is 0 Å². The van der Waals surface area contributed by atoms with Crippen molar-refractivity contribution in [3.05, 3.63) is 11.6 Å². The van der Waals surface area contributed by atoms with Crippen LogP contribution in [0.5, 0.6) is 0 Å². The van der Waals surface area contributed by atoms with Crippen LogP contribution in [-0.2, 0) is 14.4 Å². The molecule has 0 aromatic carbocycles. The first-order chi connectivity index (χ1) is 8.36. The lowest BCUT2D eigenvalue weighted by molar-refractivity contribution is -0.123. The zero-order valence-corrected chi connectivity index (χ0v) is 11.5. The first-order valence-electron chi connectivity index (χ1n) is 6.59. The number of ketones is 2. The van der Waals surface area contributed by atoms with Gasteiger partial charge in [0.1, 0.15) is 12.1 Å². The summed E-state index contributed by atoms with van der Waals surface area (Å²) in [6, 6.07) is 0. The van der Waals surface area contributed by atoms with E-state index < -0.39 is 5.41 Å². The van der Waals surface area contributed by atoms with Crippen molar-refractivity contribution >= 4 is 17.9 Å². The minimum Gasteiger partial charge on any atom is -0.299 e. The quantitative estimate of drug-likeness (QED) is 0.672. The maximum atomic E-state index is 12.1. The van der Waals surface area contributed by atoms with Gasteiger partial charge in [0.2, 0.25) is 0 Å². The highest BCUT2D eigenvalue weighted by atomic mass is 16.1. The average molecular weight is 250 g/mol. The van der Waals surface area contributed by atoms with Gasteiger partial charge in [-0.2, -0.15) is 0 Å². The van der Waals surface area contributed by atoms with Crippen LogP contribution in [0.2, 0.25) is 0 Å². The molecule has 0 amide bonds. The third-order valence-corrected chi connectivity index (χ3v) is 3.78. The molecule has 0 aromatic heterocycles. The monoisotopic (exact) mass is 250 g/mol. The van der Waals surface area contributed by atoms with Gasteiger partial charge < -0.3 is 0 Å². The van der Waals surface area contributed by atoms with Gasteiger partial charge in [0.05, 0.1) is 0 Å². The molecule has 0 aliphatic heterocycles. The van der Waals surface area contributed by atoms with Crippen LogP contribution in [0.4, 0.5) is 0 Å².